The van der Waals surface area contributed by atoms with Crippen molar-refractivity contribution in [1.82, 2.24) is 4.90 Å². The van der Waals surface area contributed by atoms with Gasteiger partial charge in [-0.3, -0.25) is 4.90 Å². The highest BCUT2D eigenvalue weighted by atomic mass is 16.3. The van der Waals surface area contributed by atoms with Gasteiger partial charge >= 0.3 is 6.03 Å². The molecule has 0 aromatic heterocycles. The summed E-state index contributed by atoms with van der Waals surface area (Å²) in [6.45, 7) is 7.70. The van der Waals surface area contributed by atoms with Crippen molar-refractivity contribution >= 4 is 11.7 Å². The van der Waals surface area contributed by atoms with Crippen molar-refractivity contribution in [3.8, 4) is 5.75 Å². The van der Waals surface area contributed by atoms with E-state index in [0.29, 0.717) is 11.3 Å². The number of aromatic hydroxyl groups is 1. The predicted molar refractivity (Wildman–Crippen MR) is 73.6 cm³/mol. The maximum absolute atomic E-state index is 12.1. The molecule has 1 aromatic rings. The average molecular weight is 264 g/mol. The van der Waals surface area contributed by atoms with Crippen molar-refractivity contribution in [3.05, 3.63) is 22.3 Å². The van der Waals surface area contributed by atoms with Gasteiger partial charge in [-0.05, 0) is 44.4 Å². The maximum atomic E-state index is 12.1. The normalized spacial score (nSPS) is 19.5. The Morgan fingerprint density at radius 1 is 1.05 bits per heavy atom. The number of rotatable bonds is 1. The number of aliphatic hydroxyl groups excluding tert-OH is 1. The first-order valence-electron chi connectivity index (χ1n) is 6.29. The maximum Gasteiger partial charge on any atom is 0.326 e. The molecular formula is C14H20N2O3. The first-order chi connectivity index (χ1) is 8.77. The SMILES string of the molecule is Cc1c(C)c(O)c(C)c(N2C(=O)N(C)CC2O)c1C. The van der Waals surface area contributed by atoms with Crippen molar-refractivity contribution in [2.45, 2.75) is 33.9 Å². The molecule has 0 aliphatic carbocycles. The highest BCUT2D eigenvalue weighted by molar-refractivity contribution is 5.96. The molecule has 1 heterocycles. The summed E-state index contributed by atoms with van der Waals surface area (Å²) in [7, 11) is 1.65. The Balaban J connectivity index is 2.67. The topological polar surface area (TPSA) is 64.0 Å². The first kappa shape index (κ1) is 13.7. The fourth-order valence-corrected chi connectivity index (χ4v) is 2.63. The third kappa shape index (κ3) is 1.85. The Morgan fingerprint density at radius 3 is 2.11 bits per heavy atom. The van der Waals surface area contributed by atoms with E-state index in [1.54, 1.807) is 14.0 Å². The van der Waals surface area contributed by atoms with Crippen LogP contribution in [0.5, 0.6) is 5.75 Å². The van der Waals surface area contributed by atoms with Crippen LogP contribution in [0.15, 0.2) is 0 Å². The number of aliphatic hydroxyl groups is 1. The van der Waals surface area contributed by atoms with Crippen LogP contribution >= 0.6 is 0 Å². The average Bonchev–Trinajstić information content (AvgIpc) is 2.61. The van der Waals surface area contributed by atoms with Gasteiger partial charge in [0, 0.05) is 12.6 Å². The number of likely N-dealkylation sites (N-methyl/N-ethyl adjacent to an activating group) is 1. The van der Waals surface area contributed by atoms with Gasteiger partial charge in [0.1, 0.15) is 5.75 Å². The summed E-state index contributed by atoms with van der Waals surface area (Å²) in [6, 6.07) is -0.249. The van der Waals surface area contributed by atoms with E-state index in [9.17, 15) is 15.0 Å². The van der Waals surface area contributed by atoms with Crippen LogP contribution in [-0.2, 0) is 0 Å². The second-order valence-corrected chi connectivity index (χ2v) is 5.21. The van der Waals surface area contributed by atoms with Crippen LogP contribution in [0.3, 0.4) is 0 Å². The van der Waals surface area contributed by atoms with Crippen LogP contribution in [-0.4, -0.2) is 41.0 Å². The van der Waals surface area contributed by atoms with Crippen molar-refractivity contribution in [1.29, 1.82) is 0 Å². The van der Waals surface area contributed by atoms with Crippen LogP contribution in [0.1, 0.15) is 22.3 Å². The standard InChI is InChI=1S/C14H20N2O3/c1-7-8(2)12(10(4)13(18)9(7)3)16-11(17)6-15(5)14(16)19/h11,17-18H,6H2,1-5H3. The van der Waals surface area contributed by atoms with Gasteiger partial charge < -0.3 is 15.1 Å². The summed E-state index contributed by atoms with van der Waals surface area (Å²) in [6.07, 6.45) is -0.878. The molecule has 0 saturated carbocycles. The minimum absolute atomic E-state index is 0.188. The largest absolute Gasteiger partial charge is 0.507 e. The fraction of sp³-hybridized carbons (Fsp3) is 0.500. The zero-order chi connectivity index (χ0) is 14.5. The molecule has 1 atom stereocenters. The van der Waals surface area contributed by atoms with Gasteiger partial charge in [0.25, 0.3) is 0 Å². The van der Waals surface area contributed by atoms with E-state index >= 15 is 0 Å². The van der Waals surface area contributed by atoms with Crippen molar-refractivity contribution in [2.75, 3.05) is 18.5 Å². The number of amides is 2. The number of benzene rings is 1. The van der Waals surface area contributed by atoms with E-state index in [1.165, 1.54) is 9.80 Å². The Labute approximate surface area is 113 Å². The number of β-amino-alcohol motifs (C(OH)–C–C–N with tert-alkyl or cyclic N) is 1. The van der Waals surface area contributed by atoms with Gasteiger partial charge in [0.15, 0.2) is 6.23 Å². The summed E-state index contributed by atoms with van der Waals surface area (Å²) in [5, 5.41) is 20.2. The first-order valence-corrected chi connectivity index (χ1v) is 6.29. The smallest absolute Gasteiger partial charge is 0.326 e. The number of anilines is 1. The number of urea groups is 1. The molecule has 1 aliphatic rings. The Kier molecular flexibility index (Phi) is 3.18. The molecule has 0 spiro atoms. The molecule has 1 aromatic carbocycles. The second-order valence-electron chi connectivity index (χ2n) is 5.21. The van der Waals surface area contributed by atoms with Crippen molar-refractivity contribution in [3.63, 3.8) is 0 Å². The van der Waals surface area contributed by atoms with Gasteiger partial charge in [-0.1, -0.05) is 0 Å². The van der Waals surface area contributed by atoms with Crippen molar-refractivity contribution in [2.24, 2.45) is 0 Å². The molecule has 104 valence electrons. The molecule has 1 aliphatic heterocycles. The minimum atomic E-state index is -0.878. The zero-order valence-electron chi connectivity index (χ0n) is 12.0. The molecule has 2 amide bonds. The molecule has 1 unspecified atom stereocenters. The summed E-state index contributed by atoms with van der Waals surface area (Å²) in [4.78, 5) is 15.0. The third-order valence-corrected chi connectivity index (χ3v) is 4.05. The van der Waals surface area contributed by atoms with E-state index < -0.39 is 6.23 Å². The second kappa shape index (κ2) is 4.42. The van der Waals surface area contributed by atoms with Gasteiger partial charge in [-0.25, -0.2) is 4.79 Å². The van der Waals surface area contributed by atoms with E-state index in [4.69, 9.17) is 0 Å². The molecule has 2 rings (SSSR count). The van der Waals surface area contributed by atoms with Crippen LogP contribution in [0.2, 0.25) is 0 Å². The molecule has 0 radical (unpaired) electrons. The number of phenols is 1. The third-order valence-electron chi connectivity index (χ3n) is 4.05. The predicted octanol–water partition coefficient (Wildman–Crippen LogP) is 1.82. The van der Waals surface area contributed by atoms with E-state index in [1.807, 2.05) is 20.8 Å². The monoisotopic (exact) mass is 264 g/mol. The van der Waals surface area contributed by atoms with E-state index in [-0.39, 0.29) is 18.3 Å². The van der Waals surface area contributed by atoms with E-state index in [2.05, 4.69) is 0 Å². The lowest BCUT2D eigenvalue weighted by Gasteiger charge is -2.26. The number of nitrogens with zero attached hydrogens (tertiary/aromatic N) is 2. The quantitative estimate of drug-likeness (QED) is 0.813. The number of hydrogen-bond acceptors (Lipinski definition) is 3. The lowest BCUT2D eigenvalue weighted by atomic mass is 9.96. The molecule has 2 N–H and O–H groups in total. The molecular weight excluding hydrogens is 244 g/mol. The fourth-order valence-electron chi connectivity index (χ4n) is 2.63. The zero-order valence-corrected chi connectivity index (χ0v) is 12.0. The molecule has 1 fully saturated rings. The summed E-state index contributed by atoms with van der Waals surface area (Å²) in [5.74, 6) is 0.188. The molecule has 5 nitrogen and oxygen atoms in total. The summed E-state index contributed by atoms with van der Waals surface area (Å²) in [5.41, 5.74) is 3.90. The van der Waals surface area contributed by atoms with Crippen LogP contribution < -0.4 is 4.90 Å². The Hall–Kier alpha value is -1.75. The lowest BCUT2D eigenvalue weighted by Crippen LogP contribution is -2.35. The van der Waals surface area contributed by atoms with Gasteiger partial charge in [-0.15, -0.1) is 0 Å². The van der Waals surface area contributed by atoms with Gasteiger partial charge in [0.2, 0.25) is 0 Å². The van der Waals surface area contributed by atoms with Gasteiger partial charge in [-0.2, -0.15) is 0 Å². The number of hydrogen-bond donors (Lipinski definition) is 2. The van der Waals surface area contributed by atoms with Crippen LogP contribution in [0.25, 0.3) is 0 Å². The minimum Gasteiger partial charge on any atom is -0.507 e. The van der Waals surface area contributed by atoms with E-state index in [0.717, 1.165) is 16.7 Å². The van der Waals surface area contributed by atoms with Crippen LogP contribution in [0.4, 0.5) is 10.5 Å². The summed E-state index contributed by atoms with van der Waals surface area (Å²) < 4.78 is 0. The highest BCUT2D eigenvalue weighted by Gasteiger charge is 2.37. The van der Waals surface area contributed by atoms with Gasteiger partial charge in [0.05, 0.1) is 12.2 Å². The molecule has 0 bridgehead atoms. The Morgan fingerprint density at radius 2 is 1.63 bits per heavy atom. The van der Waals surface area contributed by atoms with Crippen molar-refractivity contribution < 1.29 is 15.0 Å². The summed E-state index contributed by atoms with van der Waals surface area (Å²) >= 11 is 0. The number of carbonyl (C=O) groups excluding carboxylic acids is 1. The molecule has 5 heteroatoms. The van der Waals surface area contributed by atoms with Crippen LogP contribution in [0, 0.1) is 27.7 Å². The molecule has 1 saturated heterocycles. The molecule has 19 heavy (non-hydrogen) atoms. The number of carbonyl (C=O) groups is 1. The highest BCUT2D eigenvalue weighted by Crippen LogP contribution is 2.39. The Bertz CT molecular complexity index is 525. The lowest BCUT2D eigenvalue weighted by molar-refractivity contribution is 0.183. The number of phenolic OH excluding ortho intramolecular Hbond substituents is 1.